The summed E-state index contributed by atoms with van der Waals surface area (Å²) in [5.74, 6) is -1.04. The monoisotopic (exact) mass is 415 g/mol. The van der Waals surface area contributed by atoms with Crippen molar-refractivity contribution in [1.82, 2.24) is 4.90 Å². The first-order chi connectivity index (χ1) is 13.3. The van der Waals surface area contributed by atoms with Crippen LogP contribution in [-0.2, 0) is 44.7 Å². The van der Waals surface area contributed by atoms with Crippen molar-refractivity contribution < 1.29 is 36.4 Å². The number of methoxy groups -OCH3 is 1. The third kappa shape index (κ3) is 7.19. The van der Waals surface area contributed by atoms with Gasteiger partial charge < -0.3 is 19.1 Å². The van der Waals surface area contributed by atoms with E-state index in [-0.39, 0.29) is 19.9 Å². The Morgan fingerprint density at radius 1 is 1.21 bits per heavy atom. The first kappa shape index (κ1) is 22.3. The Kier molecular flexibility index (Phi) is 8.36. The summed E-state index contributed by atoms with van der Waals surface area (Å²) in [6.07, 6.45) is 0.929. The molecule has 10 heteroatoms. The minimum Gasteiger partial charge on any atom is -0.468 e. The summed E-state index contributed by atoms with van der Waals surface area (Å²) >= 11 is 0. The lowest BCUT2D eigenvalue weighted by Crippen LogP contribution is -2.54. The number of rotatable bonds is 10. The number of esters is 1. The van der Waals surface area contributed by atoms with E-state index < -0.39 is 34.1 Å². The molecule has 0 saturated carbocycles. The van der Waals surface area contributed by atoms with Gasteiger partial charge in [-0.15, -0.1) is 0 Å². The van der Waals surface area contributed by atoms with Gasteiger partial charge in [0, 0.05) is 0 Å². The first-order valence-corrected chi connectivity index (χ1v) is 10.6. The van der Waals surface area contributed by atoms with Crippen LogP contribution in [0.3, 0.4) is 0 Å². The Bertz CT molecular complexity index is 752. The number of piperidine rings is 1. The van der Waals surface area contributed by atoms with E-state index in [1.165, 1.54) is 12.0 Å². The highest BCUT2D eigenvalue weighted by atomic mass is 32.2. The molecule has 1 aliphatic heterocycles. The molecule has 1 amide bonds. The Morgan fingerprint density at radius 2 is 1.93 bits per heavy atom. The second-order valence-corrected chi connectivity index (χ2v) is 8.01. The van der Waals surface area contributed by atoms with Crippen molar-refractivity contribution in [2.75, 3.05) is 33.3 Å². The maximum atomic E-state index is 12.7. The van der Waals surface area contributed by atoms with Crippen molar-refractivity contribution in [3.8, 4) is 0 Å². The van der Waals surface area contributed by atoms with Crippen molar-refractivity contribution in [2.45, 2.75) is 31.6 Å². The number of ether oxygens (including phenoxy) is 3. The van der Waals surface area contributed by atoms with Gasteiger partial charge >= 0.3 is 5.97 Å². The topological polar surface area (TPSA) is 108 Å². The minimum atomic E-state index is -3.66. The zero-order valence-electron chi connectivity index (χ0n) is 15.9. The molecule has 0 bridgehead atoms. The predicted molar refractivity (Wildman–Crippen MR) is 98.5 cm³/mol. The Hall–Kier alpha value is -2.01. The summed E-state index contributed by atoms with van der Waals surface area (Å²) in [7, 11) is -2.45. The predicted octanol–water partition coefficient (Wildman–Crippen LogP) is 0.686. The highest BCUT2D eigenvalue weighted by Gasteiger charge is 2.37. The fraction of sp³-hybridized carbons (Fsp3) is 0.556. The number of carbonyl (C=O) groups excluding carboxylic acids is 2. The molecule has 0 unspecified atom stereocenters. The van der Waals surface area contributed by atoms with Gasteiger partial charge in [-0.3, -0.25) is 13.8 Å². The quantitative estimate of drug-likeness (QED) is 0.238. The minimum absolute atomic E-state index is 0.0815. The number of amides is 1. The molecule has 156 valence electrons. The van der Waals surface area contributed by atoms with Gasteiger partial charge in [0.25, 0.3) is 16.0 Å². The molecule has 1 saturated heterocycles. The van der Waals surface area contributed by atoms with Gasteiger partial charge in [-0.25, -0.2) is 0 Å². The van der Waals surface area contributed by atoms with E-state index >= 15 is 0 Å². The van der Waals surface area contributed by atoms with Crippen molar-refractivity contribution in [3.05, 3.63) is 35.9 Å². The number of nitrogens with zero attached hydrogens (tertiary/aromatic N) is 1. The van der Waals surface area contributed by atoms with E-state index in [1.54, 1.807) is 0 Å². The summed E-state index contributed by atoms with van der Waals surface area (Å²) in [6, 6.07) is 8.96. The van der Waals surface area contributed by atoms with Crippen molar-refractivity contribution in [1.29, 1.82) is 0 Å². The lowest BCUT2D eigenvalue weighted by Gasteiger charge is -2.37. The number of hydrogen-bond acceptors (Lipinski definition) is 8. The molecule has 28 heavy (non-hydrogen) atoms. The molecule has 0 radical (unpaired) electrons. The van der Waals surface area contributed by atoms with Gasteiger partial charge in [-0.1, -0.05) is 30.3 Å². The third-order valence-corrected chi connectivity index (χ3v) is 4.79. The van der Waals surface area contributed by atoms with Crippen LogP contribution in [0.15, 0.2) is 30.3 Å². The number of carbonyl (C=O) groups is 2. The van der Waals surface area contributed by atoms with Crippen LogP contribution >= 0.6 is 0 Å². The molecule has 1 aromatic carbocycles. The highest BCUT2D eigenvalue weighted by molar-refractivity contribution is 7.85. The van der Waals surface area contributed by atoms with Crippen molar-refractivity contribution >= 4 is 22.0 Å². The summed E-state index contributed by atoms with van der Waals surface area (Å²) in [5.41, 5.74) is 0.978. The van der Waals surface area contributed by atoms with E-state index in [9.17, 15) is 18.0 Å². The average Bonchev–Trinajstić information content (AvgIpc) is 2.66. The van der Waals surface area contributed by atoms with Crippen LogP contribution in [0.2, 0.25) is 0 Å². The Morgan fingerprint density at radius 3 is 2.57 bits per heavy atom. The smallest absolute Gasteiger partial charge is 0.325 e. The van der Waals surface area contributed by atoms with Gasteiger partial charge in [0.05, 0.1) is 32.6 Å². The Labute approximate surface area is 164 Å². The fourth-order valence-corrected chi connectivity index (χ4v) is 3.20. The van der Waals surface area contributed by atoms with Gasteiger partial charge in [0.2, 0.25) is 0 Å². The summed E-state index contributed by atoms with van der Waals surface area (Å²) in [4.78, 5) is 25.6. The molecular formula is C18H25NO8S. The third-order valence-electron chi connectivity index (χ3n) is 4.23. The van der Waals surface area contributed by atoms with Crippen LogP contribution in [0, 0.1) is 0 Å². The van der Waals surface area contributed by atoms with Crippen LogP contribution in [0.4, 0.5) is 0 Å². The van der Waals surface area contributed by atoms with Crippen LogP contribution in [0.25, 0.3) is 0 Å². The molecule has 0 N–H and O–H groups in total. The summed E-state index contributed by atoms with van der Waals surface area (Å²) in [6.45, 7) is -0.267. The maximum absolute atomic E-state index is 12.7. The zero-order valence-corrected chi connectivity index (χ0v) is 16.7. The van der Waals surface area contributed by atoms with E-state index in [0.29, 0.717) is 19.4 Å². The molecule has 1 heterocycles. The Balaban J connectivity index is 1.90. The van der Waals surface area contributed by atoms with Gasteiger partial charge in [-0.05, 0) is 18.4 Å². The number of benzene rings is 1. The lowest BCUT2D eigenvalue weighted by atomic mass is 10.00. The van der Waals surface area contributed by atoms with Crippen molar-refractivity contribution in [2.24, 2.45) is 0 Å². The summed E-state index contributed by atoms with van der Waals surface area (Å²) in [5, 5.41) is 0. The highest BCUT2D eigenvalue weighted by Crippen LogP contribution is 2.22. The number of likely N-dealkylation sites (tertiary alicyclic amines) is 1. The largest absolute Gasteiger partial charge is 0.468 e. The molecule has 9 nitrogen and oxygen atoms in total. The van der Waals surface area contributed by atoms with Gasteiger partial charge in [-0.2, -0.15) is 8.42 Å². The average molecular weight is 415 g/mol. The van der Waals surface area contributed by atoms with Crippen LogP contribution in [0.1, 0.15) is 18.4 Å². The maximum Gasteiger partial charge on any atom is 0.325 e. The molecule has 0 aromatic heterocycles. The van der Waals surface area contributed by atoms with Gasteiger partial charge in [0.15, 0.2) is 0 Å². The van der Waals surface area contributed by atoms with E-state index in [2.05, 4.69) is 4.74 Å². The first-order valence-electron chi connectivity index (χ1n) is 8.75. The zero-order chi connectivity index (χ0) is 20.6. The van der Waals surface area contributed by atoms with E-state index in [0.717, 1.165) is 11.8 Å². The second kappa shape index (κ2) is 10.5. The van der Waals surface area contributed by atoms with Crippen molar-refractivity contribution in [3.63, 3.8) is 0 Å². The second-order valence-electron chi connectivity index (χ2n) is 6.37. The van der Waals surface area contributed by atoms with Crippen LogP contribution in [0.5, 0.6) is 0 Å². The molecule has 0 spiro atoms. The summed E-state index contributed by atoms with van der Waals surface area (Å²) < 4.78 is 42.9. The molecule has 1 aliphatic rings. The van der Waals surface area contributed by atoms with Gasteiger partial charge in [0.1, 0.15) is 19.4 Å². The number of hydrogen-bond donors (Lipinski definition) is 0. The molecular weight excluding hydrogens is 390 g/mol. The van der Waals surface area contributed by atoms with Crippen LogP contribution in [-0.4, -0.2) is 70.7 Å². The standard InChI is InChI=1S/C18H25NO8S/c1-24-17(20)10-19-15(12-27-28(2,22)23)8-9-16(18(19)21)26-13-25-11-14-6-4-3-5-7-14/h3-7,15-16H,8-13H2,1-2H3/t15-,16+/m1/s1. The molecule has 2 rings (SSSR count). The molecule has 2 atom stereocenters. The van der Waals surface area contributed by atoms with E-state index in [4.69, 9.17) is 13.7 Å². The fourth-order valence-electron chi connectivity index (χ4n) is 2.79. The lowest BCUT2D eigenvalue weighted by molar-refractivity contribution is -0.169. The SMILES string of the molecule is COC(=O)CN1C(=O)[C@@H](OCOCc2ccccc2)CC[C@@H]1COS(C)(=O)=O. The molecule has 1 fully saturated rings. The molecule has 0 aliphatic carbocycles. The van der Waals surface area contributed by atoms with E-state index in [1.807, 2.05) is 30.3 Å². The normalized spacial score (nSPS) is 20.2. The molecule has 1 aromatic rings. The van der Waals surface area contributed by atoms with Crippen LogP contribution < -0.4 is 0 Å².